The Hall–Kier alpha value is -7.18. The van der Waals surface area contributed by atoms with Crippen molar-refractivity contribution in [3.63, 3.8) is 0 Å². The van der Waals surface area contributed by atoms with E-state index in [1.54, 1.807) is 38.3 Å². The molecule has 13 N–H and O–H groups in total. The highest BCUT2D eigenvalue weighted by Crippen LogP contribution is 2.25. The van der Waals surface area contributed by atoms with Crippen molar-refractivity contribution in [2.24, 2.45) is 5.92 Å². The van der Waals surface area contributed by atoms with Crippen LogP contribution < -0.4 is 36.6 Å². The molecule has 0 radical (unpaired) electrons. The molecule has 7 amide bonds. The number of β-amino-alcohol motifs (C(OH)–C–C–N with tert-alkyl or cyclic N) is 1. The van der Waals surface area contributed by atoms with Crippen LogP contribution in [0, 0.1) is 5.92 Å². The minimum atomic E-state index is -2.39. The fourth-order valence-electron chi connectivity index (χ4n) is 7.93. The average Bonchev–Trinajstić information content (AvgIpc) is 3.83. The highest BCUT2D eigenvalue weighted by atomic mass is 16.5. The smallest absolute Gasteiger partial charge is 0.352 e. The van der Waals surface area contributed by atoms with Gasteiger partial charge in [-0.25, -0.2) is 4.79 Å². The number of carbonyl (C=O) groups excluding carboxylic acids is 7. The number of para-hydroxylation sites is 1. The van der Waals surface area contributed by atoms with Gasteiger partial charge in [0.15, 0.2) is 12.2 Å². The van der Waals surface area contributed by atoms with E-state index in [4.69, 9.17) is 4.74 Å². The Balaban J connectivity index is 1.34. The molecule has 3 aromatic rings. The second-order valence-electron chi connectivity index (χ2n) is 17.2. The van der Waals surface area contributed by atoms with Gasteiger partial charge in [0.25, 0.3) is 11.8 Å². The van der Waals surface area contributed by atoms with Crippen LogP contribution in [-0.2, 0) is 40.0 Å². The number of hydrogen-bond acceptors (Lipinski definition) is 14. The van der Waals surface area contributed by atoms with Crippen molar-refractivity contribution in [1.82, 2.24) is 41.8 Å². The van der Waals surface area contributed by atoms with Gasteiger partial charge in [-0.2, -0.15) is 0 Å². The fourth-order valence-corrected chi connectivity index (χ4v) is 7.93. The fraction of sp³-hybridized carbons (Fsp3) is 0.447. The Labute approximate surface area is 401 Å². The quantitative estimate of drug-likeness (QED) is 0.0801. The summed E-state index contributed by atoms with van der Waals surface area (Å²) < 4.78 is 5.17. The van der Waals surface area contributed by atoms with Crippen LogP contribution in [0.4, 0.5) is 0 Å². The lowest BCUT2D eigenvalue weighted by atomic mass is 9.88. The maximum Gasteiger partial charge on any atom is 0.352 e. The zero-order chi connectivity index (χ0) is 51.2. The molecule has 23 heteroatoms. The van der Waals surface area contributed by atoms with E-state index in [1.165, 1.54) is 7.05 Å². The summed E-state index contributed by atoms with van der Waals surface area (Å²) in [6.45, 7) is -0.415. The SMILES string of the molecule is COc1ccc(/C=C/CCCC[C@H](C)[C@H](O)[C@@H](O)[C@H]2NC(=O)C[C@@H](O)CNC(=O)CNC(=O)[C@@H](Cc3c(C(=O)O)[nH]c4ccccc34)NC(=O)CN(C)C(=O)/C=C3\NC(=O)[C@H](O)[C@@H]3NC(=O)[C@H]2O)cc1. The summed E-state index contributed by atoms with van der Waals surface area (Å²) in [5.74, 6) is -8.51. The second-order valence-corrected chi connectivity index (χ2v) is 17.2. The van der Waals surface area contributed by atoms with Crippen LogP contribution in [0.2, 0.25) is 0 Å². The van der Waals surface area contributed by atoms with Crippen molar-refractivity contribution in [2.45, 2.75) is 94.1 Å². The van der Waals surface area contributed by atoms with E-state index in [1.807, 2.05) is 36.4 Å². The predicted octanol–water partition coefficient (Wildman–Crippen LogP) is -2.31. The number of rotatable bonds is 13. The van der Waals surface area contributed by atoms with Crippen molar-refractivity contribution in [1.29, 1.82) is 0 Å². The first-order chi connectivity index (χ1) is 33.3. The van der Waals surface area contributed by atoms with Crippen LogP contribution in [0.25, 0.3) is 17.0 Å². The van der Waals surface area contributed by atoms with Gasteiger partial charge in [-0.1, -0.05) is 55.8 Å². The lowest BCUT2D eigenvalue weighted by Gasteiger charge is -2.33. The lowest BCUT2D eigenvalue weighted by Crippen LogP contribution is -2.61. The predicted molar refractivity (Wildman–Crippen MR) is 249 cm³/mol. The number of aromatic carboxylic acids is 1. The Morgan fingerprint density at radius 2 is 1.57 bits per heavy atom. The number of likely N-dealkylation sites (N-methyl/N-ethyl adjacent to an activating group) is 1. The molecule has 1 saturated heterocycles. The first kappa shape index (κ1) is 53.8. The number of allylic oxidation sites excluding steroid dienone is 1. The van der Waals surface area contributed by atoms with E-state index in [9.17, 15) is 69.0 Å². The van der Waals surface area contributed by atoms with E-state index in [2.05, 4.69) is 36.9 Å². The number of unbranched alkanes of at least 4 members (excludes halogenated alkanes) is 2. The molecule has 23 nitrogen and oxygen atoms in total. The summed E-state index contributed by atoms with van der Waals surface area (Å²) in [6, 6.07) is 8.73. The molecular weight excluding hydrogens is 917 g/mol. The molecule has 0 saturated carbocycles. The van der Waals surface area contributed by atoms with Gasteiger partial charge in [-0.15, -0.1) is 0 Å². The third-order valence-corrected chi connectivity index (χ3v) is 11.9. The molecule has 0 bridgehead atoms. The molecule has 2 aliphatic heterocycles. The Morgan fingerprint density at radius 3 is 2.27 bits per heavy atom. The molecule has 70 heavy (non-hydrogen) atoms. The number of methoxy groups -OCH3 is 1. The first-order valence-electron chi connectivity index (χ1n) is 22.5. The molecular formula is C47H60N8O15. The van der Waals surface area contributed by atoms with Gasteiger partial charge in [0.05, 0.1) is 44.9 Å². The Morgan fingerprint density at radius 1 is 0.857 bits per heavy atom. The largest absolute Gasteiger partial charge is 0.497 e. The number of amides is 7. The van der Waals surface area contributed by atoms with E-state index < -0.39 is 134 Å². The maximum atomic E-state index is 13.7. The summed E-state index contributed by atoms with van der Waals surface area (Å²) >= 11 is 0. The molecule has 0 spiro atoms. The standard InChI is InChI=1S/C47H60N8O15/c1-24(10-6-4-5-7-11-25-14-16-27(70-3)17-15-25)40(61)41(62)39-43(64)46(67)54-38-31(52-45(66)42(38)63)20-36(60)55(2)23-35(59)50-32(19-29-28-12-8-9-13-30(28)51-37(29)47(68)69)44(65)49-22-34(58)48-21-26(56)18-33(57)53-39/h7-9,11-17,20,24,26,32,38-43,51,56,61-64H,4-6,10,18-19,21-23H2,1-3H3,(H,48,58)(H,49,65)(H,50,59)(H,52,66)(H,53,57)(H,54,67)(H,68,69)/b11-7+,31-20-/t24-,26+,32+,38+,39+,40-,41-,42+,43-/m0/s1. The molecule has 3 heterocycles. The monoisotopic (exact) mass is 976 g/mol. The number of H-pyrrole nitrogens is 1. The maximum absolute atomic E-state index is 13.7. The number of aliphatic hydroxyl groups is 5. The molecule has 1 fully saturated rings. The van der Waals surface area contributed by atoms with Crippen LogP contribution in [0.1, 0.15) is 60.6 Å². The number of nitrogens with zero attached hydrogens (tertiary/aromatic N) is 1. The topological polar surface area (TPSA) is 358 Å². The molecule has 5 rings (SSSR count). The number of fused-ring (bicyclic) bond motifs is 2. The van der Waals surface area contributed by atoms with Crippen LogP contribution in [0.15, 0.2) is 66.4 Å². The van der Waals surface area contributed by atoms with Gasteiger partial charge >= 0.3 is 5.97 Å². The summed E-state index contributed by atoms with van der Waals surface area (Å²) in [5.41, 5.74) is 0.861. The minimum Gasteiger partial charge on any atom is -0.497 e. The summed E-state index contributed by atoms with van der Waals surface area (Å²) in [6.07, 6.45) is -3.85. The Kier molecular flexibility index (Phi) is 19.1. The van der Waals surface area contributed by atoms with Crippen LogP contribution in [0.3, 0.4) is 0 Å². The van der Waals surface area contributed by atoms with Crippen LogP contribution >= 0.6 is 0 Å². The zero-order valence-corrected chi connectivity index (χ0v) is 38.7. The molecule has 0 unspecified atom stereocenters. The molecule has 2 aliphatic rings. The van der Waals surface area contributed by atoms with Crippen molar-refractivity contribution in [2.75, 3.05) is 33.8 Å². The van der Waals surface area contributed by atoms with Gasteiger partial charge in [-0.05, 0) is 54.5 Å². The number of hydrogen-bond donors (Lipinski definition) is 13. The van der Waals surface area contributed by atoms with Crippen molar-refractivity contribution >= 4 is 64.3 Å². The molecule has 378 valence electrons. The van der Waals surface area contributed by atoms with Crippen molar-refractivity contribution in [3.05, 3.63) is 83.2 Å². The molecule has 2 aromatic carbocycles. The molecule has 1 aromatic heterocycles. The lowest BCUT2D eigenvalue weighted by molar-refractivity contribution is -0.140. The number of benzene rings is 2. The third-order valence-electron chi connectivity index (χ3n) is 11.9. The normalized spacial score (nSPS) is 24.8. The van der Waals surface area contributed by atoms with Crippen molar-refractivity contribution < 1.29 is 73.7 Å². The van der Waals surface area contributed by atoms with E-state index >= 15 is 0 Å². The Bertz CT molecular complexity index is 2460. The number of carboxylic acids is 1. The van der Waals surface area contributed by atoms with E-state index in [-0.39, 0.29) is 17.0 Å². The van der Waals surface area contributed by atoms with Gasteiger partial charge in [0, 0.05) is 42.7 Å². The van der Waals surface area contributed by atoms with Crippen molar-refractivity contribution in [3.8, 4) is 5.75 Å². The number of carbonyl (C=O) groups is 8. The highest BCUT2D eigenvalue weighted by Gasteiger charge is 2.43. The number of aromatic amines is 1. The number of aliphatic hydroxyl groups excluding tert-OH is 5. The minimum absolute atomic E-state index is 0.134. The second kappa shape index (κ2) is 24.9. The summed E-state index contributed by atoms with van der Waals surface area (Å²) in [5, 5.41) is 79.9. The zero-order valence-electron chi connectivity index (χ0n) is 38.7. The van der Waals surface area contributed by atoms with Gasteiger partial charge in [-0.3, -0.25) is 33.6 Å². The molecule has 0 aliphatic carbocycles. The van der Waals surface area contributed by atoms with Gasteiger partial charge in [0.2, 0.25) is 29.5 Å². The van der Waals surface area contributed by atoms with Gasteiger partial charge < -0.3 is 77.2 Å². The number of carboxylic acid groups (broad SMARTS) is 1. The number of ether oxygens (including phenoxy) is 1. The summed E-state index contributed by atoms with van der Waals surface area (Å²) in [4.78, 5) is 109. The van der Waals surface area contributed by atoms with Crippen LogP contribution in [0.5, 0.6) is 5.75 Å². The summed E-state index contributed by atoms with van der Waals surface area (Å²) in [7, 11) is 2.75. The van der Waals surface area contributed by atoms with E-state index in [0.717, 1.165) is 22.3 Å². The third kappa shape index (κ3) is 14.4. The molecule has 9 atom stereocenters. The number of aromatic nitrogens is 1. The highest BCUT2D eigenvalue weighted by molar-refractivity contribution is 6.00. The number of nitrogens with one attached hydrogen (secondary N) is 7. The average molecular weight is 977 g/mol. The van der Waals surface area contributed by atoms with E-state index in [0.29, 0.717) is 36.6 Å². The van der Waals surface area contributed by atoms with Crippen LogP contribution in [-0.4, -0.2) is 170 Å². The van der Waals surface area contributed by atoms with Gasteiger partial charge in [0.1, 0.15) is 29.6 Å². The first-order valence-corrected chi connectivity index (χ1v) is 22.5.